The van der Waals surface area contributed by atoms with Crippen molar-refractivity contribution in [2.75, 3.05) is 6.54 Å². The van der Waals surface area contributed by atoms with Crippen molar-refractivity contribution in [3.63, 3.8) is 0 Å². The van der Waals surface area contributed by atoms with E-state index in [-0.39, 0.29) is 18.4 Å². The third-order valence-electron chi connectivity index (χ3n) is 2.86. The molecular weight excluding hydrogens is 270 g/mol. The number of pyridine rings is 1. The molecule has 0 fully saturated rings. The van der Waals surface area contributed by atoms with Crippen molar-refractivity contribution in [1.82, 2.24) is 25.4 Å². The van der Waals surface area contributed by atoms with Crippen LogP contribution in [0.15, 0.2) is 30.6 Å². The van der Waals surface area contributed by atoms with Gasteiger partial charge in [0.2, 0.25) is 5.91 Å². The highest BCUT2D eigenvalue weighted by Gasteiger charge is 2.12. The lowest BCUT2D eigenvalue weighted by molar-refractivity contribution is -0.120. The van der Waals surface area contributed by atoms with E-state index in [1.54, 1.807) is 38.5 Å². The standard InChI is InChI=1S/C14H17N5O2/c1-10-6-12(19(2)18-10)14(21)17-9-13(20)16-8-11-4-3-5-15-7-11/h3-7H,8-9H2,1-2H3,(H,16,20)(H,17,21). The zero-order valence-corrected chi connectivity index (χ0v) is 12.0. The molecule has 7 nitrogen and oxygen atoms in total. The molecule has 0 spiro atoms. The predicted molar refractivity (Wildman–Crippen MR) is 76.4 cm³/mol. The van der Waals surface area contributed by atoms with E-state index in [9.17, 15) is 9.59 Å². The molecule has 2 rings (SSSR count). The van der Waals surface area contributed by atoms with Gasteiger partial charge in [-0.15, -0.1) is 0 Å². The quantitative estimate of drug-likeness (QED) is 0.820. The molecule has 2 heterocycles. The molecule has 0 aliphatic rings. The summed E-state index contributed by atoms with van der Waals surface area (Å²) in [4.78, 5) is 27.5. The van der Waals surface area contributed by atoms with Crippen molar-refractivity contribution in [3.8, 4) is 0 Å². The van der Waals surface area contributed by atoms with Gasteiger partial charge in [0, 0.05) is 26.0 Å². The molecule has 21 heavy (non-hydrogen) atoms. The number of amides is 2. The van der Waals surface area contributed by atoms with Gasteiger partial charge in [0.05, 0.1) is 12.2 Å². The number of carbonyl (C=O) groups is 2. The minimum Gasteiger partial charge on any atom is -0.350 e. The average Bonchev–Trinajstić information content (AvgIpc) is 2.82. The number of nitrogens with one attached hydrogen (secondary N) is 2. The normalized spacial score (nSPS) is 10.2. The van der Waals surface area contributed by atoms with E-state index in [1.807, 2.05) is 6.07 Å². The Hall–Kier alpha value is -2.70. The molecule has 2 aromatic heterocycles. The summed E-state index contributed by atoms with van der Waals surface area (Å²) in [6.45, 7) is 2.11. The Morgan fingerprint density at radius 1 is 1.33 bits per heavy atom. The van der Waals surface area contributed by atoms with Crippen LogP contribution in [0.4, 0.5) is 0 Å². The third kappa shape index (κ3) is 4.13. The maximum absolute atomic E-state index is 11.9. The van der Waals surface area contributed by atoms with Gasteiger partial charge in [-0.25, -0.2) is 0 Å². The molecule has 2 aromatic rings. The van der Waals surface area contributed by atoms with Crippen LogP contribution in [0.3, 0.4) is 0 Å². The SMILES string of the molecule is Cc1cc(C(=O)NCC(=O)NCc2cccnc2)n(C)n1. The second-order valence-corrected chi connectivity index (χ2v) is 4.62. The van der Waals surface area contributed by atoms with Crippen LogP contribution in [0.1, 0.15) is 21.7 Å². The van der Waals surface area contributed by atoms with Gasteiger partial charge in [-0.05, 0) is 24.6 Å². The maximum atomic E-state index is 11.9. The summed E-state index contributed by atoms with van der Waals surface area (Å²) < 4.78 is 1.48. The molecule has 2 amide bonds. The molecule has 0 aromatic carbocycles. The fraction of sp³-hybridized carbons (Fsp3) is 0.286. The number of carbonyl (C=O) groups excluding carboxylic acids is 2. The van der Waals surface area contributed by atoms with Crippen LogP contribution in [0.5, 0.6) is 0 Å². The lowest BCUT2D eigenvalue weighted by atomic mass is 10.3. The van der Waals surface area contributed by atoms with Crippen molar-refractivity contribution < 1.29 is 9.59 Å². The minimum atomic E-state index is -0.324. The van der Waals surface area contributed by atoms with Crippen molar-refractivity contribution in [1.29, 1.82) is 0 Å². The Labute approximate surface area is 122 Å². The zero-order valence-electron chi connectivity index (χ0n) is 12.0. The van der Waals surface area contributed by atoms with E-state index < -0.39 is 0 Å². The van der Waals surface area contributed by atoms with Crippen molar-refractivity contribution in [2.45, 2.75) is 13.5 Å². The van der Waals surface area contributed by atoms with Crippen molar-refractivity contribution >= 4 is 11.8 Å². The van der Waals surface area contributed by atoms with Crippen LogP contribution in [-0.2, 0) is 18.4 Å². The number of aryl methyl sites for hydroxylation is 2. The molecule has 0 unspecified atom stereocenters. The minimum absolute atomic E-state index is 0.0800. The number of hydrogen-bond donors (Lipinski definition) is 2. The van der Waals surface area contributed by atoms with Gasteiger partial charge in [0.25, 0.3) is 5.91 Å². The number of hydrogen-bond acceptors (Lipinski definition) is 4. The topological polar surface area (TPSA) is 88.9 Å². The molecule has 0 aliphatic heterocycles. The lowest BCUT2D eigenvalue weighted by Crippen LogP contribution is -2.37. The van der Waals surface area contributed by atoms with Crippen LogP contribution >= 0.6 is 0 Å². The van der Waals surface area contributed by atoms with E-state index >= 15 is 0 Å². The van der Waals surface area contributed by atoms with Gasteiger partial charge >= 0.3 is 0 Å². The molecule has 0 saturated carbocycles. The van der Waals surface area contributed by atoms with Gasteiger partial charge in [0.15, 0.2) is 0 Å². The monoisotopic (exact) mass is 287 g/mol. The van der Waals surface area contributed by atoms with Gasteiger partial charge in [-0.2, -0.15) is 5.10 Å². The Bertz CT molecular complexity index is 636. The fourth-order valence-electron chi connectivity index (χ4n) is 1.84. The summed E-state index contributed by atoms with van der Waals surface area (Å²) >= 11 is 0. The first-order valence-corrected chi connectivity index (χ1v) is 6.50. The summed E-state index contributed by atoms with van der Waals surface area (Å²) in [5.74, 6) is -0.583. The Morgan fingerprint density at radius 3 is 2.76 bits per heavy atom. The zero-order chi connectivity index (χ0) is 15.2. The molecule has 2 N–H and O–H groups in total. The van der Waals surface area contributed by atoms with Gasteiger partial charge < -0.3 is 10.6 Å². The highest BCUT2D eigenvalue weighted by atomic mass is 16.2. The van der Waals surface area contributed by atoms with Gasteiger partial charge in [-0.1, -0.05) is 6.07 Å². The van der Waals surface area contributed by atoms with Crippen LogP contribution in [0, 0.1) is 6.92 Å². The molecular formula is C14H17N5O2. The number of nitrogens with zero attached hydrogens (tertiary/aromatic N) is 3. The van der Waals surface area contributed by atoms with E-state index in [4.69, 9.17) is 0 Å². The predicted octanol–water partition coefficient (Wildman–Crippen LogP) is 0.170. The third-order valence-corrected chi connectivity index (χ3v) is 2.86. The first kappa shape index (κ1) is 14.7. The average molecular weight is 287 g/mol. The molecule has 0 radical (unpaired) electrons. The summed E-state index contributed by atoms with van der Waals surface area (Å²) in [5, 5.41) is 9.35. The first-order valence-electron chi connectivity index (χ1n) is 6.50. The summed E-state index contributed by atoms with van der Waals surface area (Å²) in [6.07, 6.45) is 3.35. The Kier molecular flexibility index (Phi) is 4.65. The highest BCUT2D eigenvalue weighted by Crippen LogP contribution is 2.01. The maximum Gasteiger partial charge on any atom is 0.269 e. The summed E-state index contributed by atoms with van der Waals surface area (Å²) in [6, 6.07) is 5.33. The molecule has 0 atom stereocenters. The van der Waals surface area contributed by atoms with E-state index in [0.29, 0.717) is 12.2 Å². The summed E-state index contributed by atoms with van der Waals surface area (Å²) in [5.41, 5.74) is 2.08. The van der Waals surface area contributed by atoms with E-state index in [0.717, 1.165) is 11.3 Å². The van der Waals surface area contributed by atoms with Crippen LogP contribution in [-0.4, -0.2) is 33.1 Å². The number of aromatic nitrogens is 3. The molecule has 0 bridgehead atoms. The van der Waals surface area contributed by atoms with Gasteiger partial charge in [-0.3, -0.25) is 19.3 Å². The Morgan fingerprint density at radius 2 is 2.14 bits per heavy atom. The summed E-state index contributed by atoms with van der Waals surface area (Å²) in [7, 11) is 1.68. The first-order chi connectivity index (χ1) is 10.1. The smallest absolute Gasteiger partial charge is 0.269 e. The largest absolute Gasteiger partial charge is 0.350 e. The molecule has 0 saturated heterocycles. The molecule has 110 valence electrons. The van der Waals surface area contributed by atoms with E-state index in [1.165, 1.54) is 4.68 Å². The second-order valence-electron chi connectivity index (χ2n) is 4.62. The second kappa shape index (κ2) is 6.65. The lowest BCUT2D eigenvalue weighted by Gasteiger charge is -2.07. The van der Waals surface area contributed by atoms with Crippen LogP contribution < -0.4 is 10.6 Å². The number of rotatable bonds is 5. The van der Waals surface area contributed by atoms with Crippen molar-refractivity contribution in [2.24, 2.45) is 7.05 Å². The van der Waals surface area contributed by atoms with Gasteiger partial charge in [0.1, 0.15) is 5.69 Å². The molecule has 0 aliphatic carbocycles. The Balaban J connectivity index is 1.79. The van der Waals surface area contributed by atoms with Crippen LogP contribution in [0.2, 0.25) is 0 Å². The van der Waals surface area contributed by atoms with E-state index in [2.05, 4.69) is 20.7 Å². The molecule has 7 heteroatoms. The fourth-order valence-corrected chi connectivity index (χ4v) is 1.84. The van der Waals surface area contributed by atoms with Crippen LogP contribution in [0.25, 0.3) is 0 Å². The van der Waals surface area contributed by atoms with Crippen molar-refractivity contribution in [3.05, 3.63) is 47.5 Å². The highest BCUT2D eigenvalue weighted by molar-refractivity contribution is 5.95.